The van der Waals surface area contributed by atoms with E-state index >= 15 is 0 Å². The lowest BCUT2D eigenvalue weighted by atomic mass is 9.71. The molecule has 1 heterocycles. The molecule has 0 radical (unpaired) electrons. The van der Waals surface area contributed by atoms with E-state index in [-0.39, 0.29) is 0 Å². The third kappa shape index (κ3) is 1.51. The van der Waals surface area contributed by atoms with Crippen LogP contribution in [0.1, 0.15) is 32.1 Å². The topological polar surface area (TPSA) is 15.3 Å². The zero-order valence-corrected chi connectivity index (χ0v) is 8.78. The standard InChI is InChI=1S/C12H20N2/c1-2-7-14(8-3-1)13-12-9-10-5-4-6-11(10)12/h4,6,10-13H,1-3,5,7-9H2. The van der Waals surface area contributed by atoms with Gasteiger partial charge in [-0.25, -0.2) is 5.01 Å². The van der Waals surface area contributed by atoms with Crippen molar-refractivity contribution in [3.8, 4) is 0 Å². The van der Waals surface area contributed by atoms with E-state index in [1.54, 1.807) is 0 Å². The number of nitrogens with one attached hydrogen (secondary N) is 1. The molecule has 0 aromatic rings. The molecule has 1 aliphatic heterocycles. The maximum atomic E-state index is 3.71. The fraction of sp³-hybridized carbons (Fsp3) is 0.833. The van der Waals surface area contributed by atoms with Crippen LogP contribution in [0.2, 0.25) is 0 Å². The quantitative estimate of drug-likeness (QED) is 0.673. The first-order valence-corrected chi connectivity index (χ1v) is 6.11. The highest BCUT2D eigenvalue weighted by Gasteiger charge is 2.41. The van der Waals surface area contributed by atoms with Gasteiger partial charge >= 0.3 is 0 Å². The number of nitrogens with zero attached hydrogens (tertiary/aromatic N) is 1. The normalized spacial score (nSPS) is 42.1. The molecule has 2 fully saturated rings. The van der Waals surface area contributed by atoms with Gasteiger partial charge in [0.1, 0.15) is 0 Å². The second-order valence-electron chi connectivity index (χ2n) is 5.02. The van der Waals surface area contributed by atoms with Crippen molar-refractivity contribution in [3.63, 3.8) is 0 Å². The Bertz CT molecular complexity index is 230. The molecule has 2 heteroatoms. The Morgan fingerprint density at radius 2 is 2.00 bits per heavy atom. The monoisotopic (exact) mass is 192 g/mol. The van der Waals surface area contributed by atoms with Crippen LogP contribution in [0, 0.1) is 11.8 Å². The zero-order chi connectivity index (χ0) is 9.38. The average Bonchev–Trinajstić information content (AvgIpc) is 2.58. The summed E-state index contributed by atoms with van der Waals surface area (Å²) in [5, 5.41) is 2.45. The highest BCUT2D eigenvalue weighted by molar-refractivity contribution is 5.12. The Kier molecular flexibility index (Phi) is 2.34. The summed E-state index contributed by atoms with van der Waals surface area (Å²) in [5.41, 5.74) is 3.71. The van der Waals surface area contributed by atoms with Gasteiger partial charge in [0.15, 0.2) is 0 Å². The van der Waals surface area contributed by atoms with Gasteiger partial charge in [0.2, 0.25) is 0 Å². The van der Waals surface area contributed by atoms with Crippen molar-refractivity contribution in [1.82, 2.24) is 10.4 Å². The van der Waals surface area contributed by atoms with Gasteiger partial charge in [-0.15, -0.1) is 0 Å². The lowest BCUT2D eigenvalue weighted by molar-refractivity contribution is 0.0492. The minimum Gasteiger partial charge on any atom is -0.252 e. The van der Waals surface area contributed by atoms with Crippen LogP contribution >= 0.6 is 0 Å². The second kappa shape index (κ2) is 3.67. The maximum Gasteiger partial charge on any atom is 0.0283 e. The van der Waals surface area contributed by atoms with Crippen LogP contribution in [0.5, 0.6) is 0 Å². The van der Waals surface area contributed by atoms with Crippen molar-refractivity contribution < 1.29 is 0 Å². The van der Waals surface area contributed by atoms with Gasteiger partial charge in [0.05, 0.1) is 0 Å². The van der Waals surface area contributed by atoms with Gasteiger partial charge in [-0.1, -0.05) is 18.6 Å². The Morgan fingerprint density at radius 3 is 2.79 bits per heavy atom. The molecule has 1 saturated carbocycles. The molecule has 3 rings (SSSR count). The predicted octanol–water partition coefficient (Wildman–Crippen LogP) is 1.94. The van der Waals surface area contributed by atoms with Crippen LogP contribution in [0.4, 0.5) is 0 Å². The molecule has 0 spiro atoms. The van der Waals surface area contributed by atoms with E-state index in [4.69, 9.17) is 0 Å². The largest absolute Gasteiger partial charge is 0.252 e. The maximum absolute atomic E-state index is 3.71. The highest BCUT2D eigenvalue weighted by Crippen LogP contribution is 2.42. The molecule has 3 aliphatic rings. The van der Waals surface area contributed by atoms with E-state index in [0.29, 0.717) is 0 Å². The van der Waals surface area contributed by atoms with E-state index in [9.17, 15) is 0 Å². The third-order valence-electron chi connectivity index (χ3n) is 4.07. The first-order valence-electron chi connectivity index (χ1n) is 6.11. The number of hydrazine groups is 1. The summed E-state index contributed by atoms with van der Waals surface area (Å²) in [4.78, 5) is 0. The first-order chi connectivity index (χ1) is 6.93. The predicted molar refractivity (Wildman–Crippen MR) is 57.7 cm³/mol. The Labute approximate surface area is 86.3 Å². The SMILES string of the molecule is C1=CC2C(C1)CC2NN1CCCCC1. The summed E-state index contributed by atoms with van der Waals surface area (Å²) < 4.78 is 0. The van der Waals surface area contributed by atoms with Crippen LogP contribution < -0.4 is 5.43 Å². The van der Waals surface area contributed by atoms with Crippen molar-refractivity contribution in [3.05, 3.63) is 12.2 Å². The molecule has 0 bridgehead atoms. The molecule has 0 aromatic heterocycles. The lowest BCUT2D eigenvalue weighted by Gasteiger charge is -2.44. The number of hydrogen-bond acceptors (Lipinski definition) is 2. The zero-order valence-electron chi connectivity index (χ0n) is 8.78. The molecule has 0 aromatic carbocycles. The number of allylic oxidation sites excluding steroid dienone is 1. The van der Waals surface area contributed by atoms with E-state index in [0.717, 1.165) is 17.9 Å². The number of rotatable bonds is 2. The van der Waals surface area contributed by atoms with Crippen LogP contribution in [-0.2, 0) is 0 Å². The average molecular weight is 192 g/mol. The van der Waals surface area contributed by atoms with Gasteiger partial charge < -0.3 is 0 Å². The van der Waals surface area contributed by atoms with Gasteiger partial charge in [0.25, 0.3) is 0 Å². The van der Waals surface area contributed by atoms with E-state index in [1.807, 2.05) is 0 Å². The summed E-state index contributed by atoms with van der Waals surface area (Å²) in [5.74, 6) is 1.84. The van der Waals surface area contributed by atoms with Crippen molar-refractivity contribution in [1.29, 1.82) is 0 Å². The molecule has 3 atom stereocenters. The van der Waals surface area contributed by atoms with Crippen molar-refractivity contribution in [2.75, 3.05) is 13.1 Å². The van der Waals surface area contributed by atoms with Crippen LogP contribution in [0.25, 0.3) is 0 Å². The van der Waals surface area contributed by atoms with Crippen molar-refractivity contribution in [2.24, 2.45) is 11.8 Å². The molecule has 2 aliphatic carbocycles. The van der Waals surface area contributed by atoms with Gasteiger partial charge in [-0.3, -0.25) is 5.43 Å². The van der Waals surface area contributed by atoms with Crippen molar-refractivity contribution >= 4 is 0 Å². The third-order valence-corrected chi connectivity index (χ3v) is 4.07. The van der Waals surface area contributed by atoms with Gasteiger partial charge in [0, 0.05) is 19.1 Å². The van der Waals surface area contributed by atoms with Crippen LogP contribution in [-0.4, -0.2) is 24.1 Å². The second-order valence-corrected chi connectivity index (χ2v) is 5.02. The molecule has 1 N–H and O–H groups in total. The Hall–Kier alpha value is -0.340. The number of piperidine rings is 1. The lowest BCUT2D eigenvalue weighted by Crippen LogP contribution is -2.56. The first kappa shape index (κ1) is 8.93. The molecule has 14 heavy (non-hydrogen) atoms. The smallest absolute Gasteiger partial charge is 0.0283 e. The molecule has 1 saturated heterocycles. The van der Waals surface area contributed by atoms with Crippen LogP contribution in [0.3, 0.4) is 0 Å². The fourth-order valence-electron chi connectivity index (χ4n) is 3.12. The Morgan fingerprint density at radius 1 is 1.14 bits per heavy atom. The minimum atomic E-state index is 0.761. The highest BCUT2D eigenvalue weighted by atomic mass is 15.5. The molecule has 78 valence electrons. The van der Waals surface area contributed by atoms with Gasteiger partial charge in [-0.2, -0.15) is 0 Å². The summed E-state index contributed by atoms with van der Waals surface area (Å²) in [6.07, 6.45) is 11.7. The van der Waals surface area contributed by atoms with Crippen molar-refractivity contribution in [2.45, 2.75) is 38.1 Å². The van der Waals surface area contributed by atoms with E-state index in [2.05, 4.69) is 22.6 Å². The minimum absolute atomic E-state index is 0.761. The Balaban J connectivity index is 1.50. The number of fused-ring (bicyclic) bond motifs is 1. The fourth-order valence-corrected chi connectivity index (χ4v) is 3.12. The molecule has 3 unspecified atom stereocenters. The van der Waals surface area contributed by atoms with Crippen LogP contribution in [0.15, 0.2) is 12.2 Å². The summed E-state index contributed by atoms with van der Waals surface area (Å²) in [7, 11) is 0. The number of hydrogen-bond donors (Lipinski definition) is 1. The molecular formula is C12H20N2. The van der Waals surface area contributed by atoms with E-state index in [1.165, 1.54) is 45.2 Å². The molecule has 2 nitrogen and oxygen atoms in total. The summed E-state index contributed by atoms with van der Waals surface area (Å²) in [6.45, 7) is 2.52. The summed E-state index contributed by atoms with van der Waals surface area (Å²) in [6, 6.07) is 0.761. The molecule has 0 amide bonds. The van der Waals surface area contributed by atoms with Gasteiger partial charge in [-0.05, 0) is 37.5 Å². The van der Waals surface area contributed by atoms with E-state index < -0.39 is 0 Å². The molecular weight excluding hydrogens is 172 g/mol. The summed E-state index contributed by atoms with van der Waals surface area (Å²) >= 11 is 0.